The number of fused-ring (bicyclic) bond motifs is 1. The number of amides is 1. The van der Waals surface area contributed by atoms with E-state index in [4.69, 9.17) is 4.74 Å². The molecule has 4 aromatic rings. The first-order valence-electron chi connectivity index (χ1n) is 9.99. The average molecular weight is 400 g/mol. The lowest BCUT2D eigenvalue weighted by Crippen LogP contribution is -2.24. The molecule has 0 aliphatic carbocycles. The minimum absolute atomic E-state index is 0.0189. The van der Waals surface area contributed by atoms with E-state index >= 15 is 0 Å². The number of benzene rings is 2. The second kappa shape index (κ2) is 8.78. The first kappa shape index (κ1) is 19.6. The Hall–Kier alpha value is -3.67. The van der Waals surface area contributed by atoms with Gasteiger partial charge in [-0.25, -0.2) is 9.97 Å². The Morgan fingerprint density at radius 2 is 1.90 bits per heavy atom. The maximum atomic E-state index is 12.4. The Morgan fingerprint density at radius 1 is 1.07 bits per heavy atom. The number of aromatic nitrogens is 3. The van der Waals surface area contributed by atoms with Gasteiger partial charge in [0.2, 0.25) is 5.91 Å². The SMILES string of the molecule is CCc1nc2cccnc2n1-c1ccc(CC(=O)NCc2cccc(OC)c2)cc1. The second-order valence-corrected chi connectivity index (χ2v) is 7.03. The number of carbonyl (C=O) groups excluding carboxylic acids is 1. The van der Waals surface area contributed by atoms with E-state index < -0.39 is 0 Å². The molecular weight excluding hydrogens is 376 g/mol. The number of ether oxygens (including phenoxy) is 1. The number of carbonyl (C=O) groups is 1. The summed E-state index contributed by atoms with van der Waals surface area (Å²) < 4.78 is 7.29. The van der Waals surface area contributed by atoms with Crippen LogP contribution in [-0.4, -0.2) is 27.6 Å². The Morgan fingerprint density at radius 3 is 2.67 bits per heavy atom. The second-order valence-electron chi connectivity index (χ2n) is 7.03. The van der Waals surface area contributed by atoms with E-state index in [1.807, 2.05) is 60.7 Å². The van der Waals surface area contributed by atoms with Gasteiger partial charge in [0.05, 0.1) is 13.5 Å². The summed E-state index contributed by atoms with van der Waals surface area (Å²) in [6.07, 6.45) is 2.92. The van der Waals surface area contributed by atoms with Crippen molar-refractivity contribution in [3.63, 3.8) is 0 Å². The molecule has 0 atom stereocenters. The van der Waals surface area contributed by atoms with Gasteiger partial charge in [0.1, 0.15) is 17.1 Å². The van der Waals surface area contributed by atoms with Gasteiger partial charge < -0.3 is 10.1 Å². The number of pyridine rings is 1. The van der Waals surface area contributed by atoms with Crippen molar-refractivity contribution in [3.8, 4) is 11.4 Å². The van der Waals surface area contributed by atoms with Crippen LogP contribution in [-0.2, 0) is 24.2 Å². The lowest BCUT2D eigenvalue weighted by Gasteiger charge is -2.10. The van der Waals surface area contributed by atoms with Crippen LogP contribution in [0.25, 0.3) is 16.9 Å². The monoisotopic (exact) mass is 400 g/mol. The molecule has 0 saturated carbocycles. The summed E-state index contributed by atoms with van der Waals surface area (Å²) in [6, 6.07) is 19.5. The van der Waals surface area contributed by atoms with Crippen LogP contribution in [0, 0.1) is 0 Å². The third-order valence-electron chi connectivity index (χ3n) is 4.98. The summed E-state index contributed by atoms with van der Waals surface area (Å²) in [7, 11) is 1.63. The topological polar surface area (TPSA) is 69.0 Å². The van der Waals surface area contributed by atoms with E-state index in [2.05, 4.69) is 26.8 Å². The van der Waals surface area contributed by atoms with Crippen molar-refractivity contribution in [2.75, 3.05) is 7.11 Å². The molecule has 1 amide bonds. The molecule has 0 bridgehead atoms. The number of nitrogens with one attached hydrogen (secondary N) is 1. The predicted molar refractivity (Wildman–Crippen MR) is 117 cm³/mol. The van der Waals surface area contributed by atoms with E-state index in [0.29, 0.717) is 13.0 Å². The zero-order chi connectivity index (χ0) is 20.9. The van der Waals surface area contributed by atoms with Crippen molar-refractivity contribution in [1.29, 1.82) is 0 Å². The summed E-state index contributed by atoms with van der Waals surface area (Å²) in [5.74, 6) is 1.73. The van der Waals surface area contributed by atoms with Crippen LogP contribution in [0.1, 0.15) is 23.9 Å². The number of nitrogens with zero attached hydrogens (tertiary/aromatic N) is 3. The van der Waals surface area contributed by atoms with E-state index in [9.17, 15) is 4.79 Å². The number of imidazole rings is 1. The largest absolute Gasteiger partial charge is 0.497 e. The maximum absolute atomic E-state index is 12.4. The predicted octanol–water partition coefficient (Wildman–Crippen LogP) is 3.85. The molecule has 0 fully saturated rings. The van der Waals surface area contributed by atoms with Gasteiger partial charge in [-0.1, -0.05) is 31.2 Å². The molecule has 2 heterocycles. The maximum Gasteiger partial charge on any atom is 0.224 e. The minimum atomic E-state index is -0.0189. The van der Waals surface area contributed by atoms with Crippen LogP contribution in [0.3, 0.4) is 0 Å². The zero-order valence-electron chi connectivity index (χ0n) is 17.1. The smallest absolute Gasteiger partial charge is 0.224 e. The summed E-state index contributed by atoms with van der Waals surface area (Å²) in [5.41, 5.74) is 4.68. The van der Waals surface area contributed by atoms with Crippen molar-refractivity contribution in [2.24, 2.45) is 0 Å². The highest BCUT2D eigenvalue weighted by Crippen LogP contribution is 2.21. The fraction of sp³-hybridized carbons (Fsp3) is 0.208. The van der Waals surface area contributed by atoms with Gasteiger partial charge in [-0.05, 0) is 47.5 Å². The van der Waals surface area contributed by atoms with Gasteiger partial charge >= 0.3 is 0 Å². The molecule has 2 aromatic heterocycles. The zero-order valence-corrected chi connectivity index (χ0v) is 17.1. The summed E-state index contributed by atoms with van der Waals surface area (Å²) in [6.45, 7) is 2.55. The number of hydrogen-bond acceptors (Lipinski definition) is 4. The van der Waals surface area contributed by atoms with Crippen molar-refractivity contribution in [1.82, 2.24) is 19.9 Å². The van der Waals surface area contributed by atoms with Crippen molar-refractivity contribution in [3.05, 3.63) is 83.8 Å². The molecule has 4 rings (SSSR count). The normalized spacial score (nSPS) is 10.9. The quantitative estimate of drug-likeness (QED) is 0.512. The van der Waals surface area contributed by atoms with Crippen LogP contribution >= 0.6 is 0 Å². The molecule has 1 N–H and O–H groups in total. The van der Waals surface area contributed by atoms with Crippen molar-refractivity contribution >= 4 is 17.1 Å². The molecule has 152 valence electrons. The number of hydrogen-bond donors (Lipinski definition) is 1. The van der Waals surface area contributed by atoms with Crippen LogP contribution in [0.2, 0.25) is 0 Å². The first-order chi connectivity index (χ1) is 14.7. The van der Waals surface area contributed by atoms with Crippen molar-refractivity contribution < 1.29 is 9.53 Å². The molecule has 2 aromatic carbocycles. The van der Waals surface area contributed by atoms with Gasteiger partial charge in [-0.2, -0.15) is 0 Å². The van der Waals surface area contributed by atoms with E-state index in [0.717, 1.165) is 46.0 Å². The van der Waals surface area contributed by atoms with Crippen molar-refractivity contribution in [2.45, 2.75) is 26.3 Å². The molecule has 0 radical (unpaired) electrons. The Kier molecular flexibility index (Phi) is 5.75. The molecule has 6 heteroatoms. The summed E-state index contributed by atoms with van der Waals surface area (Å²) >= 11 is 0. The molecule has 0 spiro atoms. The lowest BCUT2D eigenvalue weighted by atomic mass is 10.1. The first-order valence-corrected chi connectivity index (χ1v) is 9.99. The number of aryl methyl sites for hydroxylation is 1. The highest BCUT2D eigenvalue weighted by molar-refractivity contribution is 5.79. The van der Waals surface area contributed by atoms with Crippen LogP contribution < -0.4 is 10.1 Å². The highest BCUT2D eigenvalue weighted by Gasteiger charge is 2.12. The molecular formula is C24H24N4O2. The average Bonchev–Trinajstić information content (AvgIpc) is 3.17. The minimum Gasteiger partial charge on any atom is -0.497 e. The number of rotatable bonds is 7. The third kappa shape index (κ3) is 4.17. The Bertz CT molecular complexity index is 1170. The van der Waals surface area contributed by atoms with Crippen LogP contribution in [0.4, 0.5) is 0 Å². The molecule has 30 heavy (non-hydrogen) atoms. The van der Waals surface area contributed by atoms with E-state index in [1.165, 1.54) is 0 Å². The van der Waals surface area contributed by atoms with Gasteiger partial charge in [0, 0.05) is 24.8 Å². The molecule has 6 nitrogen and oxygen atoms in total. The van der Waals surface area contributed by atoms with Gasteiger partial charge in [-0.15, -0.1) is 0 Å². The summed E-state index contributed by atoms with van der Waals surface area (Å²) in [4.78, 5) is 21.5. The molecule has 0 saturated heterocycles. The molecule has 0 aliphatic rings. The van der Waals surface area contributed by atoms with Gasteiger partial charge in [0.15, 0.2) is 5.65 Å². The lowest BCUT2D eigenvalue weighted by molar-refractivity contribution is -0.120. The molecule has 0 aliphatic heterocycles. The Balaban J connectivity index is 1.44. The van der Waals surface area contributed by atoms with E-state index in [1.54, 1.807) is 13.3 Å². The molecule has 0 unspecified atom stereocenters. The summed E-state index contributed by atoms with van der Waals surface area (Å²) in [5, 5.41) is 2.96. The fourth-order valence-corrected chi connectivity index (χ4v) is 3.46. The fourth-order valence-electron chi connectivity index (χ4n) is 3.46. The highest BCUT2D eigenvalue weighted by atomic mass is 16.5. The van der Waals surface area contributed by atoms with Gasteiger partial charge in [0.25, 0.3) is 0 Å². The standard InChI is InChI=1S/C24H24N4O2/c1-3-22-27-21-8-5-13-25-24(21)28(22)19-11-9-17(10-12-19)15-23(29)26-16-18-6-4-7-20(14-18)30-2/h4-14H,3,15-16H2,1-2H3,(H,26,29). The van der Waals surface area contributed by atoms with Crippen LogP contribution in [0.5, 0.6) is 5.75 Å². The third-order valence-corrected chi connectivity index (χ3v) is 4.98. The van der Waals surface area contributed by atoms with E-state index in [-0.39, 0.29) is 5.91 Å². The van der Waals surface area contributed by atoms with Gasteiger partial charge in [-0.3, -0.25) is 9.36 Å². The Labute approximate surface area is 175 Å². The number of methoxy groups -OCH3 is 1. The van der Waals surface area contributed by atoms with Crippen LogP contribution in [0.15, 0.2) is 66.9 Å².